The molecule has 1 aromatic carbocycles. The molecular formula is C17H14ClF7O3. The smallest absolute Gasteiger partial charge is 0.426 e. The van der Waals surface area contributed by atoms with Crippen molar-refractivity contribution in [2.45, 2.75) is 33.2 Å². The second-order valence-electron chi connectivity index (χ2n) is 6.82. The van der Waals surface area contributed by atoms with Gasteiger partial charge < -0.3 is 9.84 Å². The van der Waals surface area contributed by atoms with Gasteiger partial charge in [0.1, 0.15) is 11.6 Å². The van der Waals surface area contributed by atoms with Crippen LogP contribution < -0.4 is 0 Å². The van der Waals surface area contributed by atoms with Gasteiger partial charge in [0.25, 0.3) is 0 Å². The van der Waals surface area contributed by atoms with Gasteiger partial charge in [-0.3, -0.25) is 4.79 Å². The van der Waals surface area contributed by atoms with Crippen LogP contribution in [0.4, 0.5) is 30.7 Å². The average Bonchev–Trinajstić information content (AvgIpc) is 3.13. The molecule has 0 aliphatic heterocycles. The summed E-state index contributed by atoms with van der Waals surface area (Å²) in [5.41, 5.74) is -3.42. The molecule has 0 spiro atoms. The third kappa shape index (κ3) is 3.98. The van der Waals surface area contributed by atoms with Gasteiger partial charge in [0.15, 0.2) is 23.3 Å². The number of ether oxygens (including phenoxy) is 1. The van der Waals surface area contributed by atoms with E-state index in [1.54, 1.807) is 0 Å². The molecule has 1 fully saturated rings. The Bertz CT molecular complexity index is 804. The van der Waals surface area contributed by atoms with E-state index in [2.05, 4.69) is 4.74 Å². The Morgan fingerprint density at radius 2 is 1.57 bits per heavy atom. The van der Waals surface area contributed by atoms with Crippen molar-refractivity contribution in [3.8, 4) is 0 Å². The van der Waals surface area contributed by atoms with E-state index >= 15 is 0 Å². The second-order valence-corrected chi connectivity index (χ2v) is 7.22. The third-order valence-corrected chi connectivity index (χ3v) is 5.06. The Morgan fingerprint density at radius 3 is 2.00 bits per heavy atom. The van der Waals surface area contributed by atoms with E-state index in [0.29, 0.717) is 6.08 Å². The lowest BCUT2D eigenvalue weighted by molar-refractivity contribution is -0.147. The van der Waals surface area contributed by atoms with Crippen LogP contribution in [0.5, 0.6) is 0 Å². The third-order valence-electron chi connectivity index (χ3n) is 4.72. The van der Waals surface area contributed by atoms with Crippen LogP contribution in [0, 0.1) is 40.5 Å². The maximum absolute atomic E-state index is 13.9. The highest BCUT2D eigenvalue weighted by atomic mass is 35.5. The van der Waals surface area contributed by atoms with Crippen molar-refractivity contribution < 1.29 is 45.4 Å². The van der Waals surface area contributed by atoms with E-state index in [0.717, 1.165) is 0 Å². The van der Waals surface area contributed by atoms with E-state index in [1.807, 2.05) is 0 Å². The quantitative estimate of drug-likeness (QED) is 0.414. The summed E-state index contributed by atoms with van der Waals surface area (Å²) in [7, 11) is 0. The Hall–Kier alpha value is -1.81. The first-order valence-corrected chi connectivity index (χ1v) is 8.18. The molecule has 1 N–H and O–H groups in total. The molecule has 2 atom stereocenters. The summed E-state index contributed by atoms with van der Waals surface area (Å²) in [6.45, 7) is 0.427. The molecule has 28 heavy (non-hydrogen) atoms. The van der Waals surface area contributed by atoms with Crippen molar-refractivity contribution in [1.29, 1.82) is 0 Å². The molecule has 1 saturated carbocycles. The minimum atomic E-state index is -4.80. The summed E-state index contributed by atoms with van der Waals surface area (Å²) in [5.74, 6) is -10.5. The van der Waals surface area contributed by atoms with Gasteiger partial charge in [-0.25, -0.2) is 17.6 Å². The number of hydrogen-bond acceptors (Lipinski definition) is 3. The number of alkyl halides is 3. The molecule has 1 aliphatic rings. The number of aliphatic hydroxyl groups excluding tert-OH is 1. The SMILES string of the molecule is CC1(C)[C@@H](C=C(Cl)C(F)(F)F)[C@@H]1C(=O)OCc1c(F)c(F)c(CO)c(F)c1F. The summed E-state index contributed by atoms with van der Waals surface area (Å²) in [4.78, 5) is 12.1. The molecule has 2 rings (SSSR count). The molecule has 1 aromatic rings. The van der Waals surface area contributed by atoms with Crippen molar-refractivity contribution in [3.05, 3.63) is 45.5 Å². The molecule has 0 amide bonds. The fraction of sp³-hybridized carbons (Fsp3) is 0.471. The Balaban J connectivity index is 2.18. The summed E-state index contributed by atoms with van der Waals surface area (Å²) in [6.07, 6.45) is -4.16. The molecule has 156 valence electrons. The first kappa shape index (κ1) is 22.5. The second kappa shape index (κ2) is 7.55. The van der Waals surface area contributed by atoms with E-state index in [-0.39, 0.29) is 0 Å². The molecule has 0 saturated heterocycles. The van der Waals surface area contributed by atoms with Gasteiger partial charge >= 0.3 is 12.1 Å². The van der Waals surface area contributed by atoms with E-state index in [1.165, 1.54) is 13.8 Å². The highest BCUT2D eigenvalue weighted by Crippen LogP contribution is 2.60. The summed E-state index contributed by atoms with van der Waals surface area (Å²) < 4.78 is 97.2. The average molecular weight is 435 g/mol. The van der Waals surface area contributed by atoms with Crippen molar-refractivity contribution in [3.63, 3.8) is 0 Å². The van der Waals surface area contributed by atoms with Crippen molar-refractivity contribution in [2.24, 2.45) is 17.3 Å². The first-order chi connectivity index (χ1) is 12.7. The molecule has 11 heteroatoms. The van der Waals surface area contributed by atoms with E-state index in [4.69, 9.17) is 16.7 Å². The van der Waals surface area contributed by atoms with Gasteiger partial charge in [-0.15, -0.1) is 0 Å². The molecule has 1 aliphatic carbocycles. The van der Waals surface area contributed by atoms with Crippen LogP contribution in [0.25, 0.3) is 0 Å². The van der Waals surface area contributed by atoms with Crippen LogP contribution in [-0.4, -0.2) is 17.3 Å². The van der Waals surface area contributed by atoms with Crippen LogP contribution in [0.1, 0.15) is 25.0 Å². The van der Waals surface area contributed by atoms with Gasteiger partial charge in [0.05, 0.1) is 23.7 Å². The van der Waals surface area contributed by atoms with Crippen LogP contribution in [0.3, 0.4) is 0 Å². The Morgan fingerprint density at radius 1 is 1.11 bits per heavy atom. The zero-order chi connectivity index (χ0) is 21.6. The minimum Gasteiger partial charge on any atom is -0.460 e. The minimum absolute atomic E-state index is 0.643. The number of allylic oxidation sites excluding steroid dienone is 2. The molecule has 0 radical (unpaired) electrons. The van der Waals surface area contributed by atoms with Gasteiger partial charge in [-0.2, -0.15) is 13.2 Å². The molecular weight excluding hydrogens is 421 g/mol. The first-order valence-electron chi connectivity index (χ1n) is 7.80. The number of carbonyl (C=O) groups excluding carboxylic acids is 1. The lowest BCUT2D eigenvalue weighted by Crippen LogP contribution is -2.15. The fourth-order valence-corrected chi connectivity index (χ4v) is 3.05. The van der Waals surface area contributed by atoms with Crippen molar-refractivity contribution >= 4 is 17.6 Å². The number of benzene rings is 1. The maximum Gasteiger partial charge on any atom is 0.426 e. The lowest BCUT2D eigenvalue weighted by Gasteiger charge is -2.11. The van der Waals surface area contributed by atoms with E-state index in [9.17, 15) is 35.5 Å². The number of halogens is 8. The molecule has 0 unspecified atom stereocenters. The summed E-state index contributed by atoms with van der Waals surface area (Å²) >= 11 is 5.15. The molecule has 3 nitrogen and oxygen atoms in total. The summed E-state index contributed by atoms with van der Waals surface area (Å²) in [5, 5.41) is 7.33. The van der Waals surface area contributed by atoms with Crippen LogP contribution in [-0.2, 0) is 22.7 Å². The Labute approximate surface area is 159 Å². The van der Waals surface area contributed by atoms with Gasteiger partial charge in [-0.05, 0) is 11.3 Å². The maximum atomic E-state index is 13.9. The normalized spacial score (nSPS) is 21.6. The number of hydrogen-bond donors (Lipinski definition) is 1. The van der Waals surface area contributed by atoms with Crippen LogP contribution >= 0.6 is 11.6 Å². The Kier molecular flexibility index (Phi) is 6.06. The number of carbonyl (C=O) groups is 1. The summed E-state index contributed by atoms with van der Waals surface area (Å²) in [6, 6.07) is 0. The van der Waals surface area contributed by atoms with Crippen molar-refractivity contribution in [2.75, 3.05) is 0 Å². The van der Waals surface area contributed by atoms with E-state index < -0.39 is 82.0 Å². The standard InChI is InChI=1S/C17H14ClF7O3/c1-16(2)8(3-9(18)17(23,24)25)10(16)15(27)28-5-7-13(21)11(19)6(4-26)12(20)14(7)22/h3,8,10,26H,4-5H2,1-2H3/t8-,10+/m0/s1. The highest BCUT2D eigenvalue weighted by molar-refractivity contribution is 6.30. The highest BCUT2D eigenvalue weighted by Gasteiger charge is 2.62. The van der Waals surface area contributed by atoms with Crippen LogP contribution in [0.2, 0.25) is 0 Å². The molecule has 0 bridgehead atoms. The zero-order valence-corrected chi connectivity index (χ0v) is 15.2. The van der Waals surface area contributed by atoms with Crippen LogP contribution in [0.15, 0.2) is 11.1 Å². The van der Waals surface area contributed by atoms with Gasteiger partial charge in [0.2, 0.25) is 0 Å². The topological polar surface area (TPSA) is 46.5 Å². The predicted molar refractivity (Wildman–Crippen MR) is 82.7 cm³/mol. The number of aliphatic hydroxyl groups is 1. The molecule has 0 heterocycles. The largest absolute Gasteiger partial charge is 0.460 e. The number of esters is 1. The van der Waals surface area contributed by atoms with Gasteiger partial charge in [0, 0.05) is 0 Å². The number of rotatable bonds is 5. The zero-order valence-electron chi connectivity index (χ0n) is 14.4. The fourth-order valence-electron chi connectivity index (χ4n) is 2.91. The monoisotopic (exact) mass is 434 g/mol. The van der Waals surface area contributed by atoms with Crippen molar-refractivity contribution in [1.82, 2.24) is 0 Å². The molecule has 0 aromatic heterocycles. The lowest BCUT2D eigenvalue weighted by atomic mass is 10.1. The van der Waals surface area contributed by atoms with Gasteiger partial charge in [-0.1, -0.05) is 31.5 Å². The predicted octanol–water partition coefficient (Wildman–Crippen LogP) is 4.74.